The van der Waals surface area contributed by atoms with Crippen molar-refractivity contribution in [1.82, 2.24) is 19.4 Å². The molecule has 1 saturated heterocycles. The van der Waals surface area contributed by atoms with Crippen molar-refractivity contribution in [2.75, 3.05) is 26.2 Å². The van der Waals surface area contributed by atoms with Gasteiger partial charge in [-0.2, -0.15) is 0 Å². The first kappa shape index (κ1) is 20.6. The number of aromatic nitrogens is 2. The summed E-state index contributed by atoms with van der Waals surface area (Å²) in [6.45, 7) is 6.80. The van der Waals surface area contributed by atoms with Gasteiger partial charge in [0.25, 0.3) is 11.5 Å². The van der Waals surface area contributed by atoms with Crippen molar-refractivity contribution in [2.45, 2.75) is 19.9 Å². The Bertz CT molecular complexity index is 1150. The minimum Gasteiger partial charge on any atom is -0.336 e. The first-order valence-electron chi connectivity index (χ1n) is 10.1. The van der Waals surface area contributed by atoms with Gasteiger partial charge in [-0.25, -0.2) is 4.98 Å². The number of benzene rings is 2. The van der Waals surface area contributed by atoms with E-state index in [1.807, 2.05) is 36.1 Å². The van der Waals surface area contributed by atoms with Crippen LogP contribution < -0.4 is 5.56 Å². The van der Waals surface area contributed by atoms with Crippen LogP contribution in [0.3, 0.4) is 0 Å². The van der Waals surface area contributed by atoms with Crippen LogP contribution in [0.4, 0.5) is 0 Å². The lowest BCUT2D eigenvalue weighted by Gasteiger charge is -2.38. The number of carbonyl (C=O) groups is 1. The van der Waals surface area contributed by atoms with E-state index in [2.05, 4.69) is 11.8 Å². The molecule has 7 heteroatoms. The Morgan fingerprint density at radius 2 is 1.73 bits per heavy atom. The van der Waals surface area contributed by atoms with Gasteiger partial charge in [0.1, 0.15) is 5.82 Å². The smallest absolute Gasteiger partial charge is 0.261 e. The van der Waals surface area contributed by atoms with Gasteiger partial charge in [0.2, 0.25) is 0 Å². The zero-order valence-electron chi connectivity index (χ0n) is 17.4. The van der Waals surface area contributed by atoms with Gasteiger partial charge in [0, 0.05) is 43.8 Å². The maximum atomic E-state index is 12.8. The molecule has 2 heterocycles. The predicted molar refractivity (Wildman–Crippen MR) is 119 cm³/mol. The van der Waals surface area contributed by atoms with Gasteiger partial charge in [-0.1, -0.05) is 29.3 Å². The summed E-state index contributed by atoms with van der Waals surface area (Å²) in [4.78, 5) is 34.4. The molecule has 2 aromatic carbocycles. The van der Waals surface area contributed by atoms with Crippen molar-refractivity contribution in [1.29, 1.82) is 0 Å². The number of fused-ring (bicyclic) bond motifs is 1. The highest BCUT2D eigenvalue weighted by Crippen LogP contribution is 2.22. The van der Waals surface area contributed by atoms with Crippen LogP contribution in [0, 0.1) is 6.92 Å². The summed E-state index contributed by atoms with van der Waals surface area (Å²) in [5.74, 6) is 0.765. The summed E-state index contributed by atoms with van der Waals surface area (Å²) in [6, 6.07) is 12.8. The fourth-order valence-electron chi connectivity index (χ4n) is 3.99. The highest BCUT2D eigenvalue weighted by molar-refractivity contribution is 6.31. The number of rotatable bonds is 3. The summed E-state index contributed by atoms with van der Waals surface area (Å²) in [6.07, 6.45) is 0. The molecule has 3 aromatic rings. The van der Waals surface area contributed by atoms with Crippen molar-refractivity contribution in [3.05, 3.63) is 74.8 Å². The van der Waals surface area contributed by atoms with Gasteiger partial charge in [-0.15, -0.1) is 0 Å². The standard InChI is InChI=1S/C23H25ClN4O2/c1-15-4-6-17(7-5-15)22(29)28-12-10-27(11-13-28)16(2)21-25-20-14-18(24)8-9-19(20)23(30)26(21)3/h4-9,14,16H,10-13H2,1-3H3. The quantitative estimate of drug-likeness (QED) is 0.646. The van der Waals surface area contributed by atoms with Crippen molar-refractivity contribution < 1.29 is 4.79 Å². The van der Waals surface area contributed by atoms with E-state index in [4.69, 9.17) is 16.6 Å². The summed E-state index contributed by atoms with van der Waals surface area (Å²) in [5.41, 5.74) is 2.39. The van der Waals surface area contributed by atoms with E-state index in [-0.39, 0.29) is 17.5 Å². The Hall–Kier alpha value is -2.70. The average Bonchev–Trinajstić information content (AvgIpc) is 2.76. The third-order valence-corrected chi connectivity index (χ3v) is 6.13. The normalized spacial score (nSPS) is 16.1. The molecule has 1 atom stereocenters. The lowest BCUT2D eigenvalue weighted by atomic mass is 10.1. The molecule has 1 aliphatic heterocycles. The molecule has 0 N–H and O–H groups in total. The van der Waals surface area contributed by atoms with E-state index >= 15 is 0 Å². The van der Waals surface area contributed by atoms with Crippen LogP contribution in [0.2, 0.25) is 5.02 Å². The van der Waals surface area contributed by atoms with Gasteiger partial charge in [-0.3, -0.25) is 19.1 Å². The maximum Gasteiger partial charge on any atom is 0.261 e. The van der Waals surface area contributed by atoms with E-state index in [0.717, 1.165) is 24.2 Å². The number of hydrogen-bond acceptors (Lipinski definition) is 4. The highest BCUT2D eigenvalue weighted by Gasteiger charge is 2.27. The van der Waals surface area contributed by atoms with Crippen LogP contribution in [0.15, 0.2) is 47.3 Å². The summed E-state index contributed by atoms with van der Waals surface area (Å²) in [5, 5.41) is 1.12. The summed E-state index contributed by atoms with van der Waals surface area (Å²) in [7, 11) is 1.76. The zero-order chi connectivity index (χ0) is 21.4. The SMILES string of the molecule is Cc1ccc(C(=O)N2CCN(C(C)c3nc4cc(Cl)ccc4c(=O)n3C)CC2)cc1. The van der Waals surface area contributed by atoms with Crippen molar-refractivity contribution >= 4 is 28.4 Å². The van der Waals surface area contributed by atoms with Gasteiger partial charge >= 0.3 is 0 Å². The Balaban J connectivity index is 1.51. The third-order valence-electron chi connectivity index (χ3n) is 5.89. The lowest BCUT2D eigenvalue weighted by Crippen LogP contribution is -2.49. The molecule has 1 amide bonds. The number of nitrogens with zero attached hydrogens (tertiary/aromatic N) is 4. The zero-order valence-corrected chi connectivity index (χ0v) is 18.2. The minimum atomic E-state index is -0.0771. The first-order chi connectivity index (χ1) is 14.3. The van der Waals surface area contributed by atoms with Crippen LogP contribution >= 0.6 is 11.6 Å². The largest absolute Gasteiger partial charge is 0.336 e. The van der Waals surface area contributed by atoms with Crippen molar-refractivity contribution in [2.24, 2.45) is 7.05 Å². The van der Waals surface area contributed by atoms with Crippen LogP contribution in [0.25, 0.3) is 10.9 Å². The van der Waals surface area contributed by atoms with Crippen LogP contribution in [-0.4, -0.2) is 51.4 Å². The number of piperazine rings is 1. The van der Waals surface area contributed by atoms with Gasteiger partial charge in [0.05, 0.1) is 16.9 Å². The fourth-order valence-corrected chi connectivity index (χ4v) is 4.16. The monoisotopic (exact) mass is 424 g/mol. The Labute approximate surface area is 180 Å². The molecule has 0 saturated carbocycles. The maximum absolute atomic E-state index is 12.8. The molecule has 0 spiro atoms. The van der Waals surface area contributed by atoms with Crippen LogP contribution in [0.1, 0.15) is 34.7 Å². The van der Waals surface area contributed by atoms with E-state index in [1.165, 1.54) is 0 Å². The second kappa shape index (κ2) is 8.20. The molecule has 0 bridgehead atoms. The Kier molecular flexibility index (Phi) is 5.62. The van der Waals surface area contributed by atoms with E-state index < -0.39 is 0 Å². The molecule has 30 heavy (non-hydrogen) atoms. The van der Waals surface area contributed by atoms with Crippen LogP contribution in [0.5, 0.6) is 0 Å². The second-order valence-corrected chi connectivity index (χ2v) is 8.30. The fraction of sp³-hybridized carbons (Fsp3) is 0.348. The summed E-state index contributed by atoms with van der Waals surface area (Å²) < 4.78 is 1.62. The van der Waals surface area contributed by atoms with Crippen LogP contribution in [-0.2, 0) is 7.05 Å². The molecule has 6 nitrogen and oxygen atoms in total. The average molecular weight is 425 g/mol. The van der Waals surface area contributed by atoms with E-state index in [1.54, 1.807) is 29.8 Å². The van der Waals surface area contributed by atoms with Gasteiger partial charge in [-0.05, 0) is 44.2 Å². The number of carbonyl (C=O) groups excluding carboxylic acids is 1. The lowest BCUT2D eigenvalue weighted by molar-refractivity contribution is 0.0572. The molecule has 1 unspecified atom stereocenters. The molecule has 1 aromatic heterocycles. The second-order valence-electron chi connectivity index (χ2n) is 7.87. The number of aryl methyl sites for hydroxylation is 1. The molecule has 1 aliphatic rings. The molecule has 0 aliphatic carbocycles. The molecule has 1 fully saturated rings. The van der Waals surface area contributed by atoms with Crippen molar-refractivity contribution in [3.8, 4) is 0 Å². The Morgan fingerprint density at radius 3 is 2.40 bits per heavy atom. The molecular formula is C23H25ClN4O2. The number of hydrogen-bond donors (Lipinski definition) is 0. The van der Waals surface area contributed by atoms with E-state index in [9.17, 15) is 9.59 Å². The first-order valence-corrected chi connectivity index (χ1v) is 10.5. The number of halogens is 1. The van der Waals surface area contributed by atoms with Gasteiger partial charge < -0.3 is 4.90 Å². The molecule has 156 valence electrons. The molecule has 0 radical (unpaired) electrons. The topological polar surface area (TPSA) is 58.4 Å². The Morgan fingerprint density at radius 1 is 1.07 bits per heavy atom. The van der Waals surface area contributed by atoms with Crippen molar-refractivity contribution in [3.63, 3.8) is 0 Å². The summed E-state index contributed by atoms with van der Waals surface area (Å²) >= 11 is 6.10. The minimum absolute atomic E-state index is 0.0530. The highest BCUT2D eigenvalue weighted by atomic mass is 35.5. The molecular weight excluding hydrogens is 400 g/mol. The third kappa shape index (κ3) is 3.85. The molecule has 4 rings (SSSR count). The van der Waals surface area contributed by atoms with E-state index in [0.29, 0.717) is 34.8 Å². The number of amides is 1. The predicted octanol–water partition coefficient (Wildman–Crippen LogP) is 3.41. The van der Waals surface area contributed by atoms with Gasteiger partial charge in [0.15, 0.2) is 0 Å².